The number of fused-ring (bicyclic) bond motifs is 1. The van der Waals surface area contributed by atoms with Crippen LogP contribution in [0, 0.1) is 0 Å². The average Bonchev–Trinajstić information content (AvgIpc) is 2.64. The van der Waals surface area contributed by atoms with Gasteiger partial charge in [0, 0.05) is 25.8 Å². The first-order chi connectivity index (χ1) is 6.36. The minimum absolute atomic E-state index is 0. The minimum atomic E-state index is 0. The first-order valence-corrected chi connectivity index (χ1v) is 5.03. The molecule has 0 saturated carbocycles. The Morgan fingerprint density at radius 1 is 1.00 bits per heavy atom. The molecule has 1 heteroatoms. The maximum atomic E-state index is 2.27. The van der Waals surface area contributed by atoms with Crippen molar-refractivity contribution in [1.82, 2.24) is 0 Å². The van der Waals surface area contributed by atoms with Crippen LogP contribution in [0.15, 0.2) is 30.3 Å². The van der Waals surface area contributed by atoms with E-state index in [1.807, 2.05) is 0 Å². The summed E-state index contributed by atoms with van der Waals surface area (Å²) in [5.41, 5.74) is 2.94. The Bertz CT molecular complexity index is 374. The molecule has 0 bridgehead atoms. The SMILES string of the molecule is CCc1ccc(CC)c2[cH-]ccc12.[Hf]. The largest absolute Gasteiger partial charge is 0.168 e. The Balaban J connectivity index is 0.000000980. The Morgan fingerprint density at radius 3 is 2.29 bits per heavy atom. The van der Waals surface area contributed by atoms with Crippen molar-refractivity contribution >= 4 is 10.8 Å². The number of benzene rings is 1. The van der Waals surface area contributed by atoms with Crippen molar-refractivity contribution in [2.75, 3.05) is 0 Å². The van der Waals surface area contributed by atoms with E-state index in [1.54, 1.807) is 0 Å². The van der Waals surface area contributed by atoms with Crippen LogP contribution >= 0.6 is 0 Å². The zero-order valence-electron chi connectivity index (χ0n) is 8.80. The molecule has 0 heterocycles. The molecular weight excluding hydrogens is 335 g/mol. The van der Waals surface area contributed by atoms with Gasteiger partial charge in [-0.15, -0.1) is 28.5 Å². The van der Waals surface area contributed by atoms with Gasteiger partial charge >= 0.3 is 0 Å². The molecule has 14 heavy (non-hydrogen) atoms. The van der Waals surface area contributed by atoms with E-state index < -0.39 is 0 Å². The van der Waals surface area contributed by atoms with Gasteiger partial charge in [0.15, 0.2) is 0 Å². The Labute approximate surface area is 104 Å². The summed E-state index contributed by atoms with van der Waals surface area (Å²) < 4.78 is 0. The quantitative estimate of drug-likeness (QED) is 0.573. The zero-order chi connectivity index (χ0) is 9.26. The number of hydrogen-bond acceptors (Lipinski definition) is 0. The van der Waals surface area contributed by atoms with Crippen LogP contribution < -0.4 is 0 Å². The molecule has 0 nitrogen and oxygen atoms in total. The molecule has 2 aromatic rings. The van der Waals surface area contributed by atoms with Crippen LogP contribution in [0.1, 0.15) is 25.0 Å². The van der Waals surface area contributed by atoms with Crippen LogP contribution in [0.4, 0.5) is 0 Å². The third-order valence-electron chi connectivity index (χ3n) is 2.76. The summed E-state index contributed by atoms with van der Waals surface area (Å²) in [5, 5.41) is 2.89. The van der Waals surface area contributed by atoms with Crippen LogP contribution in [0.2, 0.25) is 0 Å². The van der Waals surface area contributed by atoms with Crippen LogP contribution in [0.5, 0.6) is 0 Å². The maximum Gasteiger partial charge on any atom is 0 e. The summed E-state index contributed by atoms with van der Waals surface area (Å²) in [6, 6.07) is 11.1. The van der Waals surface area contributed by atoms with Crippen molar-refractivity contribution in [3.05, 3.63) is 41.5 Å². The summed E-state index contributed by atoms with van der Waals surface area (Å²) >= 11 is 0. The Hall–Kier alpha value is -0.300. The van der Waals surface area contributed by atoms with Gasteiger partial charge in [-0.1, -0.05) is 31.9 Å². The second kappa shape index (κ2) is 4.97. The molecular formula is C13H15Hf-. The van der Waals surface area contributed by atoms with Gasteiger partial charge in [0.2, 0.25) is 0 Å². The molecule has 72 valence electrons. The molecule has 0 amide bonds. The third kappa shape index (κ3) is 1.88. The van der Waals surface area contributed by atoms with Gasteiger partial charge in [-0.2, -0.15) is 12.1 Å². The summed E-state index contributed by atoms with van der Waals surface area (Å²) in [5.74, 6) is 0. The predicted octanol–water partition coefficient (Wildman–Crippen LogP) is 3.68. The van der Waals surface area contributed by atoms with Gasteiger partial charge in [-0.3, -0.25) is 0 Å². The zero-order valence-corrected chi connectivity index (χ0v) is 12.4. The molecule has 0 aliphatic carbocycles. The molecule has 0 atom stereocenters. The van der Waals surface area contributed by atoms with E-state index in [2.05, 4.69) is 44.2 Å². The minimum Gasteiger partial charge on any atom is -0.168 e. The molecule has 0 saturated heterocycles. The summed E-state index contributed by atoms with van der Waals surface area (Å²) in [6.45, 7) is 4.43. The van der Waals surface area contributed by atoms with E-state index >= 15 is 0 Å². The molecule has 2 aromatic carbocycles. The van der Waals surface area contributed by atoms with Gasteiger partial charge in [-0.05, 0) is 6.42 Å². The van der Waals surface area contributed by atoms with E-state index in [0.717, 1.165) is 12.8 Å². The number of hydrogen-bond donors (Lipinski definition) is 0. The number of rotatable bonds is 2. The second-order valence-electron chi connectivity index (χ2n) is 3.44. The Kier molecular flexibility index (Phi) is 4.18. The standard InChI is InChI=1S/C13H15.Hf/c1-3-10-8-9-11(4-2)13-7-5-6-12(10)13;/h5-9H,3-4H2,1-2H3;/q-1;. The fraction of sp³-hybridized carbons (Fsp3) is 0.308. The van der Waals surface area contributed by atoms with Crippen LogP contribution in [0.25, 0.3) is 10.8 Å². The van der Waals surface area contributed by atoms with Crippen molar-refractivity contribution in [3.63, 3.8) is 0 Å². The van der Waals surface area contributed by atoms with E-state index in [0.29, 0.717) is 0 Å². The summed E-state index contributed by atoms with van der Waals surface area (Å²) in [4.78, 5) is 0. The molecule has 0 radical (unpaired) electrons. The van der Waals surface area contributed by atoms with Gasteiger partial charge in [0.25, 0.3) is 0 Å². The normalized spacial score (nSPS) is 10.1. The van der Waals surface area contributed by atoms with E-state index in [1.165, 1.54) is 21.9 Å². The van der Waals surface area contributed by atoms with Gasteiger partial charge < -0.3 is 0 Å². The fourth-order valence-electron chi connectivity index (χ4n) is 1.98. The first kappa shape index (κ1) is 11.8. The van der Waals surface area contributed by atoms with E-state index in [9.17, 15) is 0 Å². The fourth-order valence-corrected chi connectivity index (χ4v) is 1.98. The smallest absolute Gasteiger partial charge is 0 e. The molecule has 0 aromatic heterocycles. The summed E-state index contributed by atoms with van der Waals surface area (Å²) in [6.07, 6.45) is 2.26. The number of aryl methyl sites for hydroxylation is 2. The van der Waals surface area contributed by atoms with Gasteiger partial charge in [0.05, 0.1) is 0 Å². The molecule has 0 fully saturated rings. The third-order valence-corrected chi connectivity index (χ3v) is 2.76. The molecule has 0 N–H and O–H groups in total. The monoisotopic (exact) mass is 351 g/mol. The van der Waals surface area contributed by atoms with Crippen molar-refractivity contribution in [2.45, 2.75) is 26.7 Å². The van der Waals surface area contributed by atoms with Crippen molar-refractivity contribution in [1.29, 1.82) is 0 Å². The molecule has 2 rings (SSSR count). The molecule has 0 spiro atoms. The maximum absolute atomic E-state index is 2.27. The van der Waals surface area contributed by atoms with E-state index in [-0.39, 0.29) is 25.8 Å². The van der Waals surface area contributed by atoms with Crippen molar-refractivity contribution < 1.29 is 25.8 Å². The van der Waals surface area contributed by atoms with Crippen molar-refractivity contribution in [2.24, 2.45) is 0 Å². The van der Waals surface area contributed by atoms with Crippen LogP contribution in [0.3, 0.4) is 0 Å². The molecule has 0 aliphatic rings. The van der Waals surface area contributed by atoms with Crippen LogP contribution in [-0.2, 0) is 38.7 Å². The van der Waals surface area contributed by atoms with Crippen molar-refractivity contribution in [3.8, 4) is 0 Å². The second-order valence-corrected chi connectivity index (χ2v) is 3.44. The average molecular weight is 350 g/mol. The topological polar surface area (TPSA) is 0 Å². The molecule has 0 unspecified atom stereocenters. The summed E-state index contributed by atoms with van der Waals surface area (Å²) in [7, 11) is 0. The molecule has 0 aliphatic heterocycles. The van der Waals surface area contributed by atoms with E-state index in [4.69, 9.17) is 0 Å². The predicted molar refractivity (Wildman–Crippen MR) is 58.3 cm³/mol. The van der Waals surface area contributed by atoms with Gasteiger partial charge in [-0.25, -0.2) is 0 Å². The van der Waals surface area contributed by atoms with Crippen LogP contribution in [-0.4, -0.2) is 0 Å². The first-order valence-electron chi connectivity index (χ1n) is 5.03. The Morgan fingerprint density at radius 2 is 1.64 bits per heavy atom. The van der Waals surface area contributed by atoms with Gasteiger partial charge in [0.1, 0.15) is 0 Å².